The number of carboxylic acids is 1. The third-order valence-corrected chi connectivity index (χ3v) is 10.6. The number of rotatable bonds is 5. The summed E-state index contributed by atoms with van der Waals surface area (Å²) in [5.74, 6) is -0.901. The van der Waals surface area contributed by atoms with Crippen molar-refractivity contribution >= 4 is 34.5 Å². The lowest BCUT2D eigenvalue weighted by Crippen LogP contribution is -2.51. The van der Waals surface area contributed by atoms with Crippen LogP contribution in [0.2, 0.25) is 0 Å². The molecule has 0 bridgehead atoms. The van der Waals surface area contributed by atoms with Crippen LogP contribution in [0.3, 0.4) is 0 Å². The third-order valence-electron chi connectivity index (χ3n) is 10.6. The van der Waals surface area contributed by atoms with Crippen LogP contribution in [0.1, 0.15) is 96.2 Å². The first-order chi connectivity index (χ1) is 21.4. The Hall–Kier alpha value is -4.33. The molecule has 3 N–H and O–H groups in total. The predicted molar refractivity (Wildman–Crippen MR) is 169 cm³/mol. The first kappa shape index (κ1) is 30.7. The number of ether oxygens (including phenoxy) is 1. The van der Waals surface area contributed by atoms with Gasteiger partial charge in [0.2, 0.25) is 0 Å². The summed E-state index contributed by atoms with van der Waals surface area (Å²) in [7, 11) is 0. The molecular formula is C34H42N6O5. The van der Waals surface area contributed by atoms with Gasteiger partial charge >= 0.3 is 12.1 Å². The lowest BCUT2D eigenvalue weighted by Gasteiger charge is -2.46. The number of nitriles is 1. The van der Waals surface area contributed by atoms with Crippen molar-refractivity contribution in [2.75, 3.05) is 5.32 Å². The summed E-state index contributed by atoms with van der Waals surface area (Å²) >= 11 is 0. The maximum Gasteiger partial charge on any atom is 0.411 e. The molecule has 6 rings (SSSR count). The summed E-state index contributed by atoms with van der Waals surface area (Å²) in [5, 5.41) is 27.9. The number of carbonyl (C=O) groups excluding carboxylic acids is 1. The molecule has 2 saturated carbocycles. The van der Waals surface area contributed by atoms with Gasteiger partial charge in [-0.25, -0.2) is 4.79 Å². The van der Waals surface area contributed by atoms with Crippen LogP contribution in [0.4, 0.5) is 16.3 Å². The number of aliphatic carboxylic acids is 1. The Bertz CT molecular complexity index is 1720. The Morgan fingerprint density at radius 3 is 2.56 bits per heavy atom. The highest BCUT2D eigenvalue weighted by Gasteiger charge is 2.52. The van der Waals surface area contributed by atoms with Crippen molar-refractivity contribution in [2.45, 2.75) is 103 Å². The molecule has 2 fully saturated rings. The number of pyridine rings is 1. The van der Waals surface area contributed by atoms with Crippen LogP contribution in [0, 0.1) is 28.6 Å². The Labute approximate surface area is 262 Å². The molecule has 1 aliphatic heterocycles. The number of aromatic amines is 1. The molecular weight excluding hydrogens is 572 g/mol. The van der Waals surface area contributed by atoms with Crippen LogP contribution >= 0.6 is 0 Å². The minimum absolute atomic E-state index is 0.102. The molecule has 0 radical (unpaired) electrons. The van der Waals surface area contributed by atoms with Gasteiger partial charge in [0.05, 0.1) is 41.5 Å². The Balaban J connectivity index is 1.29. The SMILES string of the molecule is CC(C)(C)C1(C)c2ccc(Nc3nn(C4CCCCC4C#N)c4cc[nH]c(=O)c34)cc2CN1C(=O)OC1CCC(C(=O)O)CC1. The van der Waals surface area contributed by atoms with E-state index in [4.69, 9.17) is 9.84 Å². The van der Waals surface area contributed by atoms with Crippen molar-refractivity contribution < 1.29 is 19.4 Å². The Morgan fingerprint density at radius 2 is 1.87 bits per heavy atom. The molecule has 0 saturated heterocycles. The summed E-state index contributed by atoms with van der Waals surface area (Å²) in [6, 6.07) is 10.2. The zero-order chi connectivity index (χ0) is 32.1. The summed E-state index contributed by atoms with van der Waals surface area (Å²) in [6.45, 7) is 8.74. The quantitative estimate of drug-likeness (QED) is 0.291. The van der Waals surface area contributed by atoms with Gasteiger partial charge < -0.3 is 20.1 Å². The molecule has 11 heteroatoms. The molecule has 3 aromatic rings. The van der Waals surface area contributed by atoms with E-state index in [0.29, 0.717) is 48.9 Å². The summed E-state index contributed by atoms with van der Waals surface area (Å²) in [4.78, 5) is 42.7. The van der Waals surface area contributed by atoms with Crippen molar-refractivity contribution in [3.63, 3.8) is 0 Å². The van der Waals surface area contributed by atoms with Gasteiger partial charge in [-0.05, 0) is 80.2 Å². The molecule has 0 spiro atoms. The fraction of sp³-hybridized carbons (Fsp3) is 0.559. The first-order valence-electron chi connectivity index (χ1n) is 16.0. The number of aromatic nitrogens is 3. The minimum Gasteiger partial charge on any atom is -0.481 e. The Morgan fingerprint density at radius 1 is 1.13 bits per heavy atom. The summed E-state index contributed by atoms with van der Waals surface area (Å²) in [6.07, 6.45) is 6.68. The standard InChI is InChI=1S/C34H42N6O5/c1-33(2,3)34(4)25-14-11-23(17-22(25)19-39(34)32(44)45-24-12-9-20(10-13-24)31(42)43)37-29-28-27(15-16-36-30(28)41)40(38-29)26-8-6-5-7-21(26)18-35/h11,14-17,20-21,24,26H,5-10,12-13,19H2,1-4H3,(H,36,41)(H,37,38)(H,42,43). The number of fused-ring (bicyclic) bond motifs is 2. The normalized spacial score (nSPS) is 26.7. The average molecular weight is 615 g/mol. The Kier molecular flexibility index (Phi) is 7.88. The van der Waals surface area contributed by atoms with Crippen LogP contribution in [0.25, 0.3) is 10.9 Å². The smallest absolute Gasteiger partial charge is 0.411 e. The van der Waals surface area contributed by atoms with Crippen molar-refractivity contribution in [1.29, 1.82) is 5.26 Å². The molecule has 1 amide bonds. The molecule has 2 aliphatic carbocycles. The van der Waals surface area contributed by atoms with Crippen LogP contribution in [0.5, 0.6) is 0 Å². The topological polar surface area (TPSA) is 153 Å². The first-order valence-corrected chi connectivity index (χ1v) is 16.0. The molecule has 3 heterocycles. The number of carboxylic acid groups (broad SMARTS) is 1. The van der Waals surface area contributed by atoms with Crippen LogP contribution in [-0.4, -0.2) is 42.9 Å². The van der Waals surface area contributed by atoms with E-state index >= 15 is 0 Å². The second-order valence-electron chi connectivity index (χ2n) is 14.0. The molecule has 238 valence electrons. The highest BCUT2D eigenvalue weighted by atomic mass is 16.6. The molecule has 3 unspecified atom stereocenters. The van der Waals surface area contributed by atoms with Gasteiger partial charge in [-0.2, -0.15) is 10.4 Å². The molecule has 11 nitrogen and oxygen atoms in total. The number of nitrogens with zero attached hydrogens (tertiary/aromatic N) is 4. The molecule has 1 aromatic carbocycles. The number of anilines is 2. The zero-order valence-electron chi connectivity index (χ0n) is 26.4. The highest BCUT2D eigenvalue weighted by molar-refractivity contribution is 5.91. The van der Waals surface area contributed by atoms with Gasteiger partial charge in [0.1, 0.15) is 11.5 Å². The fourth-order valence-electron chi connectivity index (χ4n) is 7.57. The van der Waals surface area contributed by atoms with Gasteiger partial charge in [0, 0.05) is 11.9 Å². The third kappa shape index (κ3) is 5.34. The molecule has 3 aliphatic rings. The van der Waals surface area contributed by atoms with E-state index in [-0.39, 0.29) is 35.0 Å². The molecule has 2 aromatic heterocycles. The van der Waals surface area contributed by atoms with Gasteiger partial charge in [-0.15, -0.1) is 0 Å². The number of benzene rings is 1. The van der Waals surface area contributed by atoms with Crippen LogP contribution in [0.15, 0.2) is 35.3 Å². The van der Waals surface area contributed by atoms with E-state index in [0.717, 1.165) is 42.5 Å². The highest BCUT2D eigenvalue weighted by Crippen LogP contribution is 2.51. The zero-order valence-corrected chi connectivity index (χ0v) is 26.4. The van der Waals surface area contributed by atoms with Crippen molar-refractivity contribution in [2.24, 2.45) is 17.3 Å². The van der Waals surface area contributed by atoms with E-state index < -0.39 is 17.6 Å². The van der Waals surface area contributed by atoms with Crippen LogP contribution < -0.4 is 10.9 Å². The number of hydrogen-bond acceptors (Lipinski definition) is 7. The number of nitrogens with one attached hydrogen (secondary N) is 2. The monoisotopic (exact) mass is 614 g/mol. The molecule has 3 atom stereocenters. The molecule has 45 heavy (non-hydrogen) atoms. The van der Waals surface area contributed by atoms with Gasteiger partial charge in [0.25, 0.3) is 5.56 Å². The lowest BCUT2D eigenvalue weighted by atomic mass is 9.70. The van der Waals surface area contributed by atoms with Crippen molar-refractivity contribution in [3.8, 4) is 6.07 Å². The number of amides is 1. The number of hydrogen-bond donors (Lipinski definition) is 3. The van der Waals surface area contributed by atoms with Gasteiger partial charge in [-0.1, -0.05) is 39.7 Å². The maximum atomic E-state index is 13.7. The van der Waals surface area contributed by atoms with Crippen molar-refractivity contribution in [1.82, 2.24) is 19.7 Å². The van der Waals surface area contributed by atoms with E-state index in [9.17, 15) is 24.8 Å². The van der Waals surface area contributed by atoms with Crippen molar-refractivity contribution in [3.05, 3.63) is 51.9 Å². The predicted octanol–water partition coefficient (Wildman–Crippen LogP) is 6.58. The van der Waals surface area contributed by atoms with E-state index in [2.05, 4.69) is 44.1 Å². The van der Waals surface area contributed by atoms with E-state index in [1.165, 1.54) is 0 Å². The number of H-pyrrole nitrogens is 1. The van der Waals surface area contributed by atoms with Crippen LogP contribution in [-0.2, 0) is 21.6 Å². The summed E-state index contributed by atoms with van der Waals surface area (Å²) in [5.41, 5.74) is 2.20. The number of carbonyl (C=O) groups is 2. The second kappa shape index (κ2) is 11.5. The average Bonchev–Trinajstić information content (AvgIpc) is 3.53. The maximum absolute atomic E-state index is 13.7. The second-order valence-corrected chi connectivity index (χ2v) is 14.0. The van der Waals surface area contributed by atoms with Gasteiger partial charge in [0.15, 0.2) is 5.82 Å². The lowest BCUT2D eigenvalue weighted by molar-refractivity contribution is -0.143. The minimum atomic E-state index is -0.788. The fourth-order valence-corrected chi connectivity index (χ4v) is 7.57. The largest absolute Gasteiger partial charge is 0.481 e. The van der Waals surface area contributed by atoms with E-state index in [1.54, 1.807) is 11.1 Å². The van der Waals surface area contributed by atoms with Gasteiger partial charge in [-0.3, -0.25) is 19.2 Å². The summed E-state index contributed by atoms with van der Waals surface area (Å²) < 4.78 is 7.85. The van der Waals surface area contributed by atoms with E-state index in [1.807, 2.05) is 28.9 Å².